The van der Waals surface area contributed by atoms with E-state index in [1.807, 2.05) is 0 Å². The molecule has 1 N–H and O–H groups in total. The molecule has 0 aromatic heterocycles. The van der Waals surface area contributed by atoms with Gasteiger partial charge >= 0.3 is 0 Å². The van der Waals surface area contributed by atoms with Crippen molar-refractivity contribution in [1.82, 2.24) is 0 Å². The predicted octanol–water partition coefficient (Wildman–Crippen LogP) is 0.791. The van der Waals surface area contributed by atoms with Crippen LogP contribution in [0, 0.1) is 23.7 Å². The summed E-state index contributed by atoms with van der Waals surface area (Å²) in [6, 6.07) is 0. The normalized spacial score (nSPS) is 71.2. The van der Waals surface area contributed by atoms with Crippen LogP contribution in [-0.4, -0.2) is 23.4 Å². The third-order valence-electron chi connectivity index (χ3n) is 4.71. The van der Waals surface area contributed by atoms with Gasteiger partial charge in [0.15, 0.2) is 0 Å². The topological polar surface area (TPSA) is 32.8 Å². The zero-order chi connectivity index (χ0) is 7.87. The Hall–Kier alpha value is -0.0800. The summed E-state index contributed by atoms with van der Waals surface area (Å²) >= 11 is 0. The van der Waals surface area contributed by atoms with Crippen LogP contribution in [0.1, 0.15) is 19.3 Å². The Morgan fingerprint density at radius 1 is 1.08 bits per heavy atom. The van der Waals surface area contributed by atoms with Crippen LogP contribution in [0.5, 0.6) is 0 Å². The molecule has 4 aliphatic rings. The smallest absolute Gasteiger partial charge is 0.0876 e. The molecule has 0 aromatic rings. The zero-order valence-electron chi connectivity index (χ0n) is 7.02. The molecular weight excluding hydrogens is 152 g/mol. The SMILES string of the molecule is O[C@@H]1C[C@H]2C[C@H]1[C@@H]1[C@@H]2C[C@H]2O[C@H]12. The van der Waals surface area contributed by atoms with Crippen molar-refractivity contribution >= 4 is 0 Å². The van der Waals surface area contributed by atoms with Crippen LogP contribution < -0.4 is 0 Å². The molecule has 3 aliphatic carbocycles. The number of epoxide rings is 1. The van der Waals surface area contributed by atoms with E-state index in [1.54, 1.807) is 0 Å². The van der Waals surface area contributed by atoms with Crippen LogP contribution in [0.2, 0.25) is 0 Å². The van der Waals surface area contributed by atoms with Gasteiger partial charge in [-0.05, 0) is 42.9 Å². The Labute approximate surface area is 71.9 Å². The van der Waals surface area contributed by atoms with E-state index in [-0.39, 0.29) is 6.10 Å². The van der Waals surface area contributed by atoms with Crippen LogP contribution >= 0.6 is 0 Å². The maximum absolute atomic E-state index is 9.75. The van der Waals surface area contributed by atoms with E-state index in [4.69, 9.17) is 4.74 Å². The highest BCUT2D eigenvalue weighted by Gasteiger charge is 2.66. The van der Waals surface area contributed by atoms with E-state index in [0.717, 1.165) is 24.2 Å². The average molecular weight is 166 g/mol. The van der Waals surface area contributed by atoms with E-state index >= 15 is 0 Å². The Morgan fingerprint density at radius 3 is 2.92 bits per heavy atom. The second-order valence-electron chi connectivity index (χ2n) is 5.08. The van der Waals surface area contributed by atoms with E-state index in [2.05, 4.69) is 0 Å². The number of hydrogen-bond acceptors (Lipinski definition) is 2. The lowest BCUT2D eigenvalue weighted by molar-refractivity contribution is 0.0370. The number of fused-ring (bicyclic) bond motifs is 7. The molecule has 4 fully saturated rings. The van der Waals surface area contributed by atoms with Gasteiger partial charge in [-0.25, -0.2) is 0 Å². The van der Waals surface area contributed by atoms with Crippen molar-refractivity contribution in [2.45, 2.75) is 37.6 Å². The van der Waals surface area contributed by atoms with Gasteiger partial charge in [-0.2, -0.15) is 0 Å². The van der Waals surface area contributed by atoms with Gasteiger partial charge in [-0.15, -0.1) is 0 Å². The Bertz CT molecular complexity index is 240. The van der Waals surface area contributed by atoms with Gasteiger partial charge in [0.2, 0.25) is 0 Å². The molecule has 0 amide bonds. The first-order valence-corrected chi connectivity index (χ1v) is 5.18. The first kappa shape index (κ1) is 6.39. The second-order valence-corrected chi connectivity index (χ2v) is 5.08. The molecule has 3 saturated carbocycles. The van der Waals surface area contributed by atoms with Crippen LogP contribution in [0.4, 0.5) is 0 Å². The molecular formula is C10H14O2. The molecule has 1 saturated heterocycles. The molecule has 7 atom stereocenters. The summed E-state index contributed by atoms with van der Waals surface area (Å²) in [7, 11) is 0. The molecule has 0 radical (unpaired) electrons. The molecule has 1 heterocycles. The minimum Gasteiger partial charge on any atom is -0.393 e. The lowest BCUT2D eigenvalue weighted by atomic mass is 9.79. The minimum atomic E-state index is 0.0131. The lowest BCUT2D eigenvalue weighted by Gasteiger charge is -2.29. The summed E-state index contributed by atoms with van der Waals surface area (Å²) in [5, 5.41) is 9.75. The van der Waals surface area contributed by atoms with Gasteiger partial charge in [-0.1, -0.05) is 0 Å². The first-order valence-electron chi connectivity index (χ1n) is 5.18. The van der Waals surface area contributed by atoms with Gasteiger partial charge in [0, 0.05) is 0 Å². The predicted molar refractivity (Wildman–Crippen MR) is 42.5 cm³/mol. The van der Waals surface area contributed by atoms with Crippen LogP contribution in [0.15, 0.2) is 0 Å². The van der Waals surface area contributed by atoms with Gasteiger partial charge < -0.3 is 9.84 Å². The van der Waals surface area contributed by atoms with Crippen molar-refractivity contribution < 1.29 is 9.84 Å². The number of aliphatic hydroxyl groups excluding tert-OH is 1. The van der Waals surface area contributed by atoms with Crippen molar-refractivity contribution in [3.8, 4) is 0 Å². The zero-order valence-corrected chi connectivity index (χ0v) is 7.02. The number of aliphatic hydroxyl groups is 1. The second kappa shape index (κ2) is 1.73. The van der Waals surface area contributed by atoms with Crippen molar-refractivity contribution in [1.29, 1.82) is 0 Å². The molecule has 0 spiro atoms. The summed E-state index contributed by atoms with van der Waals surface area (Å²) in [5.41, 5.74) is 0. The molecule has 66 valence electrons. The van der Waals surface area contributed by atoms with E-state index in [9.17, 15) is 5.11 Å². The summed E-state index contributed by atoms with van der Waals surface area (Å²) in [6.07, 6.45) is 4.88. The largest absolute Gasteiger partial charge is 0.393 e. The highest BCUT2D eigenvalue weighted by Crippen LogP contribution is 2.64. The molecule has 0 aromatic carbocycles. The number of ether oxygens (including phenoxy) is 1. The molecule has 0 unspecified atom stereocenters. The lowest BCUT2D eigenvalue weighted by Crippen LogP contribution is -2.31. The molecule has 4 rings (SSSR count). The third kappa shape index (κ3) is 0.549. The summed E-state index contributed by atoms with van der Waals surface area (Å²) in [5.74, 6) is 3.15. The molecule has 12 heavy (non-hydrogen) atoms. The standard InChI is InChI=1S/C10H14O2/c11-7-2-4-1-6(7)9-5(4)3-8-10(9)12-8/h4-11H,1-3H2/t4-,5-,6-,7-,8-,9+,10+/m1/s1. The number of hydrogen-bond donors (Lipinski definition) is 1. The molecule has 2 nitrogen and oxygen atoms in total. The van der Waals surface area contributed by atoms with Crippen LogP contribution in [-0.2, 0) is 4.74 Å². The van der Waals surface area contributed by atoms with E-state index in [0.29, 0.717) is 18.1 Å². The highest BCUT2D eigenvalue weighted by atomic mass is 16.6. The van der Waals surface area contributed by atoms with Crippen LogP contribution in [0.3, 0.4) is 0 Å². The average Bonchev–Trinajstić information content (AvgIpc) is 2.42. The Kier molecular flexibility index (Phi) is 0.921. The van der Waals surface area contributed by atoms with Crippen molar-refractivity contribution in [2.24, 2.45) is 23.7 Å². The maximum Gasteiger partial charge on any atom is 0.0876 e. The van der Waals surface area contributed by atoms with Crippen LogP contribution in [0.25, 0.3) is 0 Å². The van der Waals surface area contributed by atoms with Gasteiger partial charge in [0.25, 0.3) is 0 Å². The maximum atomic E-state index is 9.75. The Balaban J connectivity index is 1.74. The van der Waals surface area contributed by atoms with Gasteiger partial charge in [0.05, 0.1) is 18.3 Å². The molecule has 2 bridgehead atoms. The van der Waals surface area contributed by atoms with Gasteiger partial charge in [-0.3, -0.25) is 0 Å². The minimum absolute atomic E-state index is 0.0131. The van der Waals surface area contributed by atoms with Gasteiger partial charge in [0.1, 0.15) is 0 Å². The third-order valence-corrected chi connectivity index (χ3v) is 4.71. The highest BCUT2D eigenvalue weighted by molar-refractivity contribution is 5.14. The fourth-order valence-corrected chi connectivity index (χ4v) is 4.27. The summed E-state index contributed by atoms with van der Waals surface area (Å²) < 4.78 is 5.56. The first-order chi connectivity index (χ1) is 5.84. The van der Waals surface area contributed by atoms with E-state index < -0.39 is 0 Å². The van der Waals surface area contributed by atoms with Crippen molar-refractivity contribution in [3.05, 3.63) is 0 Å². The summed E-state index contributed by atoms with van der Waals surface area (Å²) in [4.78, 5) is 0. The number of rotatable bonds is 0. The van der Waals surface area contributed by atoms with Crippen molar-refractivity contribution in [2.75, 3.05) is 0 Å². The Morgan fingerprint density at radius 2 is 2.00 bits per heavy atom. The van der Waals surface area contributed by atoms with E-state index in [1.165, 1.54) is 12.8 Å². The molecule has 2 heteroatoms. The summed E-state index contributed by atoms with van der Waals surface area (Å²) in [6.45, 7) is 0. The fourth-order valence-electron chi connectivity index (χ4n) is 4.27. The molecule has 1 aliphatic heterocycles. The quantitative estimate of drug-likeness (QED) is 0.540. The monoisotopic (exact) mass is 166 g/mol. The fraction of sp³-hybridized carbons (Fsp3) is 1.00. The van der Waals surface area contributed by atoms with Crippen molar-refractivity contribution in [3.63, 3.8) is 0 Å².